The van der Waals surface area contributed by atoms with Gasteiger partial charge in [-0.05, 0) is 44.9 Å². The van der Waals surface area contributed by atoms with Crippen LogP contribution in [0.4, 0.5) is 0 Å². The summed E-state index contributed by atoms with van der Waals surface area (Å²) in [6, 6.07) is 0. The van der Waals surface area contributed by atoms with E-state index >= 15 is 0 Å². The molecule has 8 heteroatoms. The highest BCUT2D eigenvalue weighted by Crippen LogP contribution is 2.57. The summed E-state index contributed by atoms with van der Waals surface area (Å²) >= 11 is 0. The zero-order valence-corrected chi connectivity index (χ0v) is 26.5. The first-order valence-electron chi connectivity index (χ1n) is 15.2. The van der Waals surface area contributed by atoms with Gasteiger partial charge < -0.3 is 14.5 Å². The molecule has 218 valence electrons. The van der Waals surface area contributed by atoms with E-state index in [-0.39, 0.29) is 11.5 Å². The van der Waals surface area contributed by atoms with Crippen molar-refractivity contribution < 1.29 is 13.8 Å². The molecule has 0 aromatic heterocycles. The molecule has 0 spiro atoms. The monoisotopic (exact) mass is 542 g/mol. The number of hydrogen-bond donors (Lipinski definition) is 0. The Morgan fingerprint density at radius 3 is 2.11 bits per heavy atom. The summed E-state index contributed by atoms with van der Waals surface area (Å²) in [5, 5.41) is 0. The third kappa shape index (κ3) is 10.5. The average molecular weight is 543 g/mol. The van der Waals surface area contributed by atoms with E-state index in [0.717, 1.165) is 44.7 Å². The number of morpholine rings is 1. The fourth-order valence-corrected chi connectivity index (χ4v) is 7.96. The Kier molecular flexibility index (Phi) is 13.4. The van der Waals surface area contributed by atoms with Crippen molar-refractivity contribution in [3.63, 3.8) is 0 Å². The second kappa shape index (κ2) is 15.2. The first-order chi connectivity index (χ1) is 17.5. The van der Waals surface area contributed by atoms with Crippen LogP contribution >= 0.6 is 7.67 Å². The molecule has 2 rings (SSSR count). The smallest absolute Gasteiger partial charge is 0.376 e. The molecule has 0 saturated carbocycles. The maximum Gasteiger partial charge on any atom is 0.393 e. The van der Waals surface area contributed by atoms with Crippen LogP contribution in [0.15, 0.2) is 4.76 Å². The number of ether oxygens (including phenoxy) is 1. The third-order valence-electron chi connectivity index (χ3n) is 8.13. The predicted molar refractivity (Wildman–Crippen MR) is 157 cm³/mol. The molecule has 2 aliphatic rings. The van der Waals surface area contributed by atoms with Crippen molar-refractivity contribution in [2.24, 2.45) is 10.2 Å². The van der Waals surface area contributed by atoms with Gasteiger partial charge >= 0.3 is 7.67 Å². The van der Waals surface area contributed by atoms with Gasteiger partial charge in [0.25, 0.3) is 0 Å². The van der Waals surface area contributed by atoms with Crippen LogP contribution in [0, 0.1) is 5.41 Å². The van der Waals surface area contributed by atoms with Crippen molar-refractivity contribution in [2.45, 2.75) is 130 Å². The van der Waals surface area contributed by atoms with Gasteiger partial charge in [-0.25, -0.2) is 9.24 Å². The van der Waals surface area contributed by atoms with Crippen molar-refractivity contribution in [1.82, 2.24) is 14.5 Å². The van der Waals surface area contributed by atoms with Crippen molar-refractivity contribution in [3.05, 3.63) is 0 Å². The van der Waals surface area contributed by atoms with E-state index in [0.29, 0.717) is 19.7 Å². The first kappa shape index (κ1) is 32.6. The number of nitrogens with zero attached hydrogens (tertiary/aromatic N) is 4. The average Bonchev–Trinajstić information content (AvgIpc) is 3.16. The van der Waals surface area contributed by atoms with Gasteiger partial charge in [-0.15, -0.1) is 0 Å². The second-order valence-electron chi connectivity index (χ2n) is 12.5. The Bertz CT molecular complexity index is 735. The number of rotatable bonds is 17. The Morgan fingerprint density at radius 2 is 1.49 bits per heavy atom. The van der Waals surface area contributed by atoms with Crippen LogP contribution in [0.25, 0.3) is 0 Å². The lowest BCUT2D eigenvalue weighted by Gasteiger charge is -2.41. The highest BCUT2D eigenvalue weighted by molar-refractivity contribution is 7.55. The number of unbranched alkanes of at least 4 members (excludes halogenated alkanes) is 5. The van der Waals surface area contributed by atoms with E-state index in [4.69, 9.17) is 14.0 Å². The molecule has 0 radical (unpaired) electrons. The fourth-order valence-electron chi connectivity index (χ4n) is 5.69. The van der Waals surface area contributed by atoms with Crippen LogP contribution in [0.5, 0.6) is 0 Å². The lowest BCUT2D eigenvalue weighted by molar-refractivity contribution is -0.0375. The molecule has 37 heavy (non-hydrogen) atoms. The zero-order valence-electron chi connectivity index (χ0n) is 25.6. The molecule has 0 bridgehead atoms. The van der Waals surface area contributed by atoms with Gasteiger partial charge in [-0.3, -0.25) is 4.52 Å². The topological polar surface area (TPSA) is 57.6 Å². The van der Waals surface area contributed by atoms with E-state index in [9.17, 15) is 4.57 Å². The minimum absolute atomic E-state index is 0.0525. The maximum absolute atomic E-state index is 14.7. The lowest BCUT2D eigenvalue weighted by Crippen LogP contribution is -2.44. The molecule has 0 N–H and O–H groups in total. The molecule has 2 heterocycles. The summed E-state index contributed by atoms with van der Waals surface area (Å²) in [5.74, 6) is 0.765. The maximum atomic E-state index is 14.7. The summed E-state index contributed by atoms with van der Waals surface area (Å²) in [7, 11) is 0.568. The predicted octanol–water partition coefficient (Wildman–Crippen LogP) is 7.57. The fraction of sp³-hybridized carbons (Fsp3) is 0.966. The van der Waals surface area contributed by atoms with Crippen LogP contribution < -0.4 is 0 Å². The van der Waals surface area contributed by atoms with Gasteiger partial charge in [0.1, 0.15) is 0 Å². The highest BCUT2D eigenvalue weighted by Gasteiger charge is 2.43. The Morgan fingerprint density at radius 1 is 0.892 bits per heavy atom. The summed E-state index contributed by atoms with van der Waals surface area (Å²) in [4.78, 5) is 4.18. The number of hydrogen-bond acceptors (Lipinski definition) is 3. The van der Waals surface area contributed by atoms with Gasteiger partial charge in [0.2, 0.25) is 5.96 Å². The van der Waals surface area contributed by atoms with Gasteiger partial charge in [0, 0.05) is 40.3 Å². The summed E-state index contributed by atoms with van der Waals surface area (Å²) in [6.45, 7) is 16.8. The standard InChI is InChI=1S/C29H59N4O3P/c1-9-12-15-16-19-29(6,18-14-11-3)24-26-25-33(22-23-35-26)37(34,36-28(4,5)17-13-10-2)30-27-31(7)20-21-32(27)8/h26H,9-25H2,1-8H3/t26-,29?,37?/m0/s1. The van der Waals surface area contributed by atoms with Crippen LogP contribution in [0.1, 0.15) is 119 Å². The van der Waals surface area contributed by atoms with E-state index < -0.39 is 13.3 Å². The van der Waals surface area contributed by atoms with E-state index in [2.05, 4.69) is 51.3 Å². The van der Waals surface area contributed by atoms with Crippen LogP contribution in [0.3, 0.4) is 0 Å². The second-order valence-corrected chi connectivity index (χ2v) is 14.5. The normalized spacial score (nSPS) is 22.8. The van der Waals surface area contributed by atoms with Crippen molar-refractivity contribution in [3.8, 4) is 0 Å². The molecule has 2 fully saturated rings. The Hall–Kier alpha value is -0.620. The van der Waals surface area contributed by atoms with Crippen molar-refractivity contribution in [2.75, 3.05) is 46.9 Å². The molecule has 3 atom stereocenters. The van der Waals surface area contributed by atoms with Crippen LogP contribution in [-0.2, 0) is 13.8 Å². The molecule has 2 unspecified atom stereocenters. The molecule has 0 aromatic rings. The molecular weight excluding hydrogens is 483 g/mol. The van der Waals surface area contributed by atoms with Crippen LogP contribution in [-0.4, -0.2) is 79.0 Å². The summed E-state index contributed by atoms with van der Waals surface area (Å²) in [5.41, 5.74) is -0.255. The minimum Gasteiger partial charge on any atom is -0.376 e. The Balaban J connectivity index is 2.25. The van der Waals surface area contributed by atoms with E-state index in [1.54, 1.807) is 0 Å². The zero-order chi connectivity index (χ0) is 27.5. The highest BCUT2D eigenvalue weighted by atomic mass is 31.2. The van der Waals surface area contributed by atoms with E-state index in [1.165, 1.54) is 51.4 Å². The molecule has 2 saturated heterocycles. The number of guanidine groups is 1. The quantitative estimate of drug-likeness (QED) is 0.140. The summed E-state index contributed by atoms with van der Waals surface area (Å²) in [6.07, 6.45) is 14.2. The molecule has 2 aliphatic heterocycles. The van der Waals surface area contributed by atoms with Gasteiger partial charge in [0.05, 0.1) is 18.3 Å². The lowest BCUT2D eigenvalue weighted by atomic mass is 9.75. The number of likely N-dealkylation sites (N-methyl/N-ethyl adjacent to an activating group) is 2. The van der Waals surface area contributed by atoms with Crippen molar-refractivity contribution in [1.29, 1.82) is 0 Å². The molecule has 0 aromatic carbocycles. The Labute approximate surface area is 229 Å². The van der Waals surface area contributed by atoms with Gasteiger partial charge in [0.15, 0.2) is 0 Å². The van der Waals surface area contributed by atoms with Crippen LogP contribution in [0.2, 0.25) is 0 Å². The van der Waals surface area contributed by atoms with Gasteiger partial charge in [-0.1, -0.05) is 79.1 Å². The SMILES string of the molecule is CCCCCCC(C)(CCCC)C[C@H]1CN(P(=O)(N=C2N(C)CCN2C)OC(C)(C)CCCC)CCO1. The molecule has 7 nitrogen and oxygen atoms in total. The summed E-state index contributed by atoms with van der Waals surface area (Å²) < 4.78 is 34.5. The largest absolute Gasteiger partial charge is 0.393 e. The van der Waals surface area contributed by atoms with E-state index in [1.807, 2.05) is 18.8 Å². The third-order valence-corrected chi connectivity index (χ3v) is 10.4. The first-order valence-corrected chi connectivity index (χ1v) is 16.7. The molecule has 0 aliphatic carbocycles. The van der Waals surface area contributed by atoms with Gasteiger partial charge in [-0.2, -0.15) is 4.76 Å². The minimum atomic E-state index is -3.48. The van der Waals surface area contributed by atoms with Crippen molar-refractivity contribution >= 4 is 13.6 Å². The molecule has 0 amide bonds. The molecular formula is C29H59N4O3P.